The predicted molar refractivity (Wildman–Crippen MR) is 118 cm³/mol. The number of pyridine rings is 1. The minimum atomic E-state index is -2.83. The molecule has 2 heterocycles. The molecule has 0 saturated heterocycles. The van der Waals surface area contributed by atoms with Gasteiger partial charge in [-0.2, -0.15) is 5.10 Å². The number of hydrogen-bond acceptors (Lipinski definition) is 4. The number of aldehydes is 1. The highest BCUT2D eigenvalue weighted by Gasteiger charge is 2.25. The van der Waals surface area contributed by atoms with Crippen LogP contribution in [0.15, 0.2) is 36.5 Å². The Morgan fingerprint density at radius 1 is 1.21 bits per heavy atom. The molecule has 3 aromatic rings. The van der Waals surface area contributed by atoms with Crippen molar-refractivity contribution >= 4 is 28.8 Å². The molecule has 4 rings (SSSR count). The minimum absolute atomic E-state index is 0.0431. The number of carbonyl (C=O) groups is 2. The smallest absolute Gasteiger partial charge is 0.274 e. The SMILES string of the molecule is CC(C)(F)c1cccc(C(=O)Nc2cc3cn(C4CCC(C=O)CC4)nc3cc2C(F)F)n1. The number of nitrogens with zero attached hydrogens (tertiary/aromatic N) is 3. The average Bonchev–Trinajstić information content (AvgIpc) is 3.21. The van der Waals surface area contributed by atoms with Crippen LogP contribution in [0.4, 0.5) is 18.9 Å². The fraction of sp³-hybridized carbons (Fsp3) is 0.417. The Morgan fingerprint density at radius 3 is 2.58 bits per heavy atom. The number of benzene rings is 1. The Labute approximate surface area is 189 Å². The molecule has 174 valence electrons. The molecule has 1 amide bonds. The third-order valence-electron chi connectivity index (χ3n) is 6.08. The molecule has 0 spiro atoms. The Kier molecular flexibility index (Phi) is 6.23. The first-order valence-corrected chi connectivity index (χ1v) is 10.9. The van der Waals surface area contributed by atoms with Crippen LogP contribution in [0, 0.1) is 5.92 Å². The van der Waals surface area contributed by atoms with Gasteiger partial charge in [-0.05, 0) is 63.8 Å². The largest absolute Gasteiger partial charge is 0.320 e. The number of alkyl halides is 3. The van der Waals surface area contributed by atoms with Gasteiger partial charge in [-0.15, -0.1) is 0 Å². The molecule has 9 heteroatoms. The van der Waals surface area contributed by atoms with Crippen LogP contribution in [-0.4, -0.2) is 27.0 Å². The molecule has 1 saturated carbocycles. The molecule has 0 unspecified atom stereocenters. The van der Waals surface area contributed by atoms with Gasteiger partial charge in [0.2, 0.25) is 0 Å². The summed E-state index contributed by atoms with van der Waals surface area (Å²) >= 11 is 0. The summed E-state index contributed by atoms with van der Waals surface area (Å²) in [6, 6.07) is 7.20. The van der Waals surface area contributed by atoms with Crippen molar-refractivity contribution in [2.75, 3.05) is 5.32 Å². The van der Waals surface area contributed by atoms with Crippen molar-refractivity contribution in [1.29, 1.82) is 0 Å². The quantitative estimate of drug-likeness (QED) is 0.477. The maximum Gasteiger partial charge on any atom is 0.274 e. The van der Waals surface area contributed by atoms with Crippen LogP contribution in [0.25, 0.3) is 10.9 Å². The van der Waals surface area contributed by atoms with E-state index in [4.69, 9.17) is 0 Å². The normalized spacial score (nSPS) is 19.1. The molecule has 33 heavy (non-hydrogen) atoms. The first kappa shape index (κ1) is 22.9. The molecule has 1 aliphatic rings. The zero-order chi connectivity index (χ0) is 23.8. The Hall–Kier alpha value is -3.23. The zero-order valence-corrected chi connectivity index (χ0v) is 18.4. The first-order valence-electron chi connectivity index (χ1n) is 10.9. The molecule has 1 N–H and O–H groups in total. The van der Waals surface area contributed by atoms with Gasteiger partial charge in [0.15, 0.2) is 0 Å². The fourth-order valence-corrected chi connectivity index (χ4v) is 4.16. The zero-order valence-electron chi connectivity index (χ0n) is 18.4. The lowest BCUT2D eigenvalue weighted by molar-refractivity contribution is -0.112. The molecule has 0 bridgehead atoms. The van der Waals surface area contributed by atoms with Crippen LogP contribution < -0.4 is 5.32 Å². The molecule has 6 nitrogen and oxygen atoms in total. The molecule has 0 radical (unpaired) electrons. The monoisotopic (exact) mass is 458 g/mol. The minimum Gasteiger partial charge on any atom is -0.320 e. The van der Waals surface area contributed by atoms with E-state index in [1.165, 1.54) is 44.2 Å². The third kappa shape index (κ3) is 4.91. The first-order chi connectivity index (χ1) is 15.7. The highest BCUT2D eigenvalue weighted by molar-refractivity contribution is 6.04. The Balaban J connectivity index is 1.62. The number of aromatic nitrogens is 3. The van der Waals surface area contributed by atoms with E-state index in [-0.39, 0.29) is 34.6 Å². The third-order valence-corrected chi connectivity index (χ3v) is 6.08. The molecule has 1 aliphatic carbocycles. The number of hydrogen-bond donors (Lipinski definition) is 1. The molecule has 1 aromatic carbocycles. The van der Waals surface area contributed by atoms with Gasteiger partial charge in [0, 0.05) is 23.1 Å². The summed E-state index contributed by atoms with van der Waals surface area (Å²) in [7, 11) is 0. The van der Waals surface area contributed by atoms with Crippen LogP contribution in [-0.2, 0) is 10.5 Å². The summed E-state index contributed by atoms with van der Waals surface area (Å²) in [5.41, 5.74) is -1.74. The van der Waals surface area contributed by atoms with Crippen molar-refractivity contribution in [3.05, 3.63) is 53.5 Å². The van der Waals surface area contributed by atoms with Gasteiger partial charge in [0.25, 0.3) is 12.3 Å². The number of carbonyl (C=O) groups excluding carboxylic acids is 2. The van der Waals surface area contributed by atoms with E-state index in [0.29, 0.717) is 10.9 Å². The average molecular weight is 458 g/mol. The van der Waals surface area contributed by atoms with Crippen molar-refractivity contribution in [2.45, 2.75) is 57.7 Å². The fourth-order valence-electron chi connectivity index (χ4n) is 4.16. The van der Waals surface area contributed by atoms with Gasteiger partial charge in [-0.1, -0.05) is 6.07 Å². The van der Waals surface area contributed by atoms with E-state index in [2.05, 4.69) is 15.4 Å². The van der Waals surface area contributed by atoms with E-state index in [1.807, 2.05) is 0 Å². The van der Waals surface area contributed by atoms with Crippen LogP contribution in [0.1, 0.15) is 73.7 Å². The summed E-state index contributed by atoms with van der Waals surface area (Å²) in [5, 5.41) is 7.59. The number of rotatable bonds is 6. The number of halogens is 3. The second-order valence-corrected chi connectivity index (χ2v) is 8.95. The van der Waals surface area contributed by atoms with Crippen molar-refractivity contribution < 1.29 is 22.8 Å². The Bertz CT molecular complexity index is 1180. The molecule has 1 fully saturated rings. The lowest BCUT2D eigenvalue weighted by Gasteiger charge is -2.25. The second-order valence-electron chi connectivity index (χ2n) is 8.95. The molecule has 0 atom stereocenters. The topological polar surface area (TPSA) is 76.9 Å². The molecule has 0 aliphatic heterocycles. The lowest BCUT2D eigenvalue weighted by atomic mass is 9.87. The van der Waals surface area contributed by atoms with Gasteiger partial charge >= 0.3 is 0 Å². The van der Waals surface area contributed by atoms with Gasteiger partial charge in [-0.25, -0.2) is 18.2 Å². The lowest BCUT2D eigenvalue weighted by Crippen LogP contribution is -2.19. The number of anilines is 1. The summed E-state index contributed by atoms with van der Waals surface area (Å²) < 4.78 is 43.6. The molecular formula is C24H25F3N4O2. The van der Waals surface area contributed by atoms with Crippen LogP contribution >= 0.6 is 0 Å². The number of amides is 1. The number of fused-ring (bicyclic) bond motifs is 1. The van der Waals surface area contributed by atoms with Crippen molar-refractivity contribution in [3.8, 4) is 0 Å². The van der Waals surface area contributed by atoms with Gasteiger partial charge in [0.05, 0.1) is 22.9 Å². The van der Waals surface area contributed by atoms with Crippen molar-refractivity contribution in [3.63, 3.8) is 0 Å². The summed E-state index contributed by atoms with van der Waals surface area (Å²) in [4.78, 5) is 27.8. The van der Waals surface area contributed by atoms with Crippen molar-refractivity contribution in [1.82, 2.24) is 14.8 Å². The van der Waals surface area contributed by atoms with Crippen molar-refractivity contribution in [2.24, 2.45) is 5.92 Å². The summed E-state index contributed by atoms with van der Waals surface area (Å²) in [6.07, 6.45) is 3.05. The second kappa shape index (κ2) is 8.96. The van der Waals surface area contributed by atoms with Crippen LogP contribution in [0.3, 0.4) is 0 Å². The highest BCUT2D eigenvalue weighted by Crippen LogP contribution is 2.35. The maximum atomic E-state index is 14.2. The van der Waals surface area contributed by atoms with E-state index >= 15 is 0 Å². The van der Waals surface area contributed by atoms with Gasteiger partial charge in [-0.3, -0.25) is 9.48 Å². The Morgan fingerprint density at radius 2 is 1.94 bits per heavy atom. The van der Waals surface area contributed by atoms with E-state index in [1.54, 1.807) is 10.9 Å². The molecular weight excluding hydrogens is 433 g/mol. The van der Waals surface area contributed by atoms with Gasteiger partial charge in [0.1, 0.15) is 17.6 Å². The highest BCUT2D eigenvalue weighted by atomic mass is 19.3. The van der Waals surface area contributed by atoms with E-state index < -0.39 is 18.0 Å². The number of nitrogens with one attached hydrogen (secondary N) is 1. The molecule has 2 aromatic heterocycles. The maximum absolute atomic E-state index is 14.2. The summed E-state index contributed by atoms with van der Waals surface area (Å²) in [6.45, 7) is 2.64. The van der Waals surface area contributed by atoms with E-state index in [9.17, 15) is 22.8 Å². The van der Waals surface area contributed by atoms with Crippen LogP contribution in [0.5, 0.6) is 0 Å². The predicted octanol–water partition coefficient (Wildman–Crippen LogP) is 5.76. The van der Waals surface area contributed by atoms with Crippen LogP contribution in [0.2, 0.25) is 0 Å². The van der Waals surface area contributed by atoms with Gasteiger partial charge < -0.3 is 10.1 Å². The standard InChI is InChI=1S/C24H25F3N4O2/c1-24(2,27)21-5-3-4-18(28-21)23(33)29-20-10-15-12-31(16-8-6-14(13-32)7-9-16)30-19(15)11-17(20)22(25)26/h3-5,10-14,16,22H,6-9H2,1-2H3,(H,29,33). The van der Waals surface area contributed by atoms with E-state index in [0.717, 1.165) is 32.0 Å². The summed E-state index contributed by atoms with van der Waals surface area (Å²) in [5.74, 6) is -0.643.